The standard InChI is InChI=1S/C15H19NO4/c1-15(20)6-8-16(9-7-15)13(17)10-11-4-2-3-5-12(11)14(18)19/h2-5,20H,6-10H2,1H3,(H,18,19). The van der Waals surface area contributed by atoms with Crippen LogP contribution in [0.5, 0.6) is 0 Å². The maximum atomic E-state index is 12.2. The van der Waals surface area contributed by atoms with Crippen molar-refractivity contribution in [1.82, 2.24) is 4.90 Å². The van der Waals surface area contributed by atoms with Gasteiger partial charge < -0.3 is 15.1 Å². The van der Waals surface area contributed by atoms with Gasteiger partial charge in [-0.15, -0.1) is 0 Å². The number of hydrogen-bond acceptors (Lipinski definition) is 3. The van der Waals surface area contributed by atoms with Gasteiger partial charge in [0.1, 0.15) is 0 Å². The summed E-state index contributed by atoms with van der Waals surface area (Å²) in [6.45, 7) is 2.80. The fourth-order valence-corrected chi connectivity index (χ4v) is 2.40. The van der Waals surface area contributed by atoms with E-state index in [1.165, 1.54) is 6.07 Å². The van der Waals surface area contributed by atoms with Crippen LogP contribution >= 0.6 is 0 Å². The summed E-state index contributed by atoms with van der Waals surface area (Å²) in [6, 6.07) is 6.55. The molecular weight excluding hydrogens is 258 g/mol. The summed E-state index contributed by atoms with van der Waals surface area (Å²) in [4.78, 5) is 25.0. The molecule has 0 aliphatic carbocycles. The molecule has 108 valence electrons. The van der Waals surface area contributed by atoms with Crippen molar-refractivity contribution in [1.29, 1.82) is 0 Å². The normalized spacial score (nSPS) is 17.8. The summed E-state index contributed by atoms with van der Waals surface area (Å²) in [6.07, 6.45) is 1.20. The summed E-state index contributed by atoms with van der Waals surface area (Å²) in [7, 11) is 0. The average molecular weight is 277 g/mol. The van der Waals surface area contributed by atoms with E-state index in [0.29, 0.717) is 31.5 Å². The molecule has 1 aromatic carbocycles. The number of carboxylic acids is 1. The zero-order chi connectivity index (χ0) is 14.8. The number of rotatable bonds is 3. The third-order valence-corrected chi connectivity index (χ3v) is 3.78. The number of carboxylic acid groups (broad SMARTS) is 1. The monoisotopic (exact) mass is 277 g/mol. The number of aromatic carboxylic acids is 1. The number of amides is 1. The van der Waals surface area contributed by atoms with Crippen LogP contribution < -0.4 is 0 Å². The summed E-state index contributed by atoms with van der Waals surface area (Å²) in [5, 5.41) is 19.0. The van der Waals surface area contributed by atoms with E-state index in [9.17, 15) is 14.7 Å². The molecule has 0 unspecified atom stereocenters. The Kier molecular flexibility index (Phi) is 4.09. The number of carbonyl (C=O) groups excluding carboxylic acids is 1. The lowest BCUT2D eigenvalue weighted by Gasteiger charge is -2.35. The van der Waals surface area contributed by atoms with Gasteiger partial charge in [-0.05, 0) is 31.4 Å². The lowest BCUT2D eigenvalue weighted by Crippen LogP contribution is -2.45. The fraction of sp³-hybridized carbons (Fsp3) is 0.467. The maximum Gasteiger partial charge on any atom is 0.335 e. The Hall–Kier alpha value is -1.88. The average Bonchev–Trinajstić information content (AvgIpc) is 2.38. The smallest absolute Gasteiger partial charge is 0.335 e. The van der Waals surface area contributed by atoms with Crippen LogP contribution in [-0.2, 0) is 11.2 Å². The van der Waals surface area contributed by atoms with Gasteiger partial charge in [0.05, 0.1) is 17.6 Å². The van der Waals surface area contributed by atoms with Crippen LogP contribution in [0.2, 0.25) is 0 Å². The van der Waals surface area contributed by atoms with Crippen molar-refractivity contribution < 1.29 is 19.8 Å². The molecule has 1 saturated heterocycles. The molecule has 1 aliphatic heterocycles. The minimum atomic E-state index is -1.02. The van der Waals surface area contributed by atoms with Crippen LogP contribution in [0.25, 0.3) is 0 Å². The molecule has 0 spiro atoms. The third kappa shape index (κ3) is 3.36. The van der Waals surface area contributed by atoms with Gasteiger partial charge in [0.25, 0.3) is 0 Å². The Morgan fingerprint density at radius 1 is 1.25 bits per heavy atom. The number of likely N-dealkylation sites (tertiary alicyclic amines) is 1. The van der Waals surface area contributed by atoms with E-state index in [-0.39, 0.29) is 17.9 Å². The Labute approximate surface area is 117 Å². The van der Waals surface area contributed by atoms with E-state index in [0.717, 1.165) is 0 Å². The molecule has 1 fully saturated rings. The Morgan fingerprint density at radius 3 is 2.45 bits per heavy atom. The summed E-state index contributed by atoms with van der Waals surface area (Å²) in [5.74, 6) is -1.11. The van der Waals surface area contributed by atoms with Crippen molar-refractivity contribution in [2.45, 2.75) is 31.8 Å². The van der Waals surface area contributed by atoms with Gasteiger partial charge in [-0.3, -0.25) is 4.79 Å². The molecule has 0 bridgehead atoms. The van der Waals surface area contributed by atoms with Gasteiger partial charge in [0, 0.05) is 13.1 Å². The van der Waals surface area contributed by atoms with Gasteiger partial charge in [0.15, 0.2) is 0 Å². The number of aliphatic hydroxyl groups is 1. The van der Waals surface area contributed by atoms with Crippen LogP contribution in [0.3, 0.4) is 0 Å². The van der Waals surface area contributed by atoms with Crippen LogP contribution in [0.1, 0.15) is 35.7 Å². The number of carbonyl (C=O) groups is 2. The second-order valence-corrected chi connectivity index (χ2v) is 5.52. The molecule has 1 aromatic rings. The Balaban J connectivity index is 2.04. The van der Waals surface area contributed by atoms with Gasteiger partial charge in [-0.25, -0.2) is 4.79 Å². The molecule has 1 aliphatic rings. The van der Waals surface area contributed by atoms with Crippen molar-refractivity contribution in [3.05, 3.63) is 35.4 Å². The zero-order valence-electron chi connectivity index (χ0n) is 11.5. The first-order chi connectivity index (χ1) is 9.39. The highest BCUT2D eigenvalue weighted by Gasteiger charge is 2.29. The highest BCUT2D eigenvalue weighted by molar-refractivity contribution is 5.91. The minimum absolute atomic E-state index is 0.0879. The van der Waals surface area contributed by atoms with E-state index >= 15 is 0 Å². The molecule has 0 saturated carbocycles. The lowest BCUT2D eigenvalue weighted by molar-refractivity contribution is -0.134. The first-order valence-corrected chi connectivity index (χ1v) is 6.70. The van der Waals surface area contributed by atoms with Gasteiger partial charge in [-0.1, -0.05) is 18.2 Å². The van der Waals surface area contributed by atoms with Crippen LogP contribution in [0.4, 0.5) is 0 Å². The molecule has 1 amide bonds. The minimum Gasteiger partial charge on any atom is -0.478 e. The molecule has 2 N–H and O–H groups in total. The Morgan fingerprint density at radius 2 is 1.85 bits per heavy atom. The summed E-state index contributed by atoms with van der Waals surface area (Å²) < 4.78 is 0. The van der Waals surface area contributed by atoms with E-state index in [1.54, 1.807) is 30.0 Å². The number of hydrogen-bond donors (Lipinski definition) is 2. The fourth-order valence-electron chi connectivity index (χ4n) is 2.40. The van der Waals surface area contributed by atoms with Gasteiger partial charge in [0.2, 0.25) is 5.91 Å². The first kappa shape index (κ1) is 14.5. The molecule has 5 heteroatoms. The molecule has 5 nitrogen and oxygen atoms in total. The van der Waals surface area contributed by atoms with E-state index < -0.39 is 11.6 Å². The topological polar surface area (TPSA) is 77.8 Å². The van der Waals surface area contributed by atoms with Crippen LogP contribution in [-0.4, -0.2) is 45.7 Å². The third-order valence-electron chi connectivity index (χ3n) is 3.78. The van der Waals surface area contributed by atoms with Crippen LogP contribution in [0.15, 0.2) is 24.3 Å². The number of benzene rings is 1. The van der Waals surface area contributed by atoms with E-state index in [4.69, 9.17) is 5.11 Å². The lowest BCUT2D eigenvalue weighted by atomic mass is 9.93. The quantitative estimate of drug-likeness (QED) is 0.873. The predicted octanol–water partition coefficient (Wildman–Crippen LogP) is 1.30. The molecule has 0 radical (unpaired) electrons. The van der Waals surface area contributed by atoms with E-state index in [2.05, 4.69) is 0 Å². The van der Waals surface area contributed by atoms with Crippen molar-refractivity contribution in [2.24, 2.45) is 0 Å². The van der Waals surface area contributed by atoms with Crippen molar-refractivity contribution in [3.63, 3.8) is 0 Å². The molecule has 0 atom stereocenters. The Bertz CT molecular complexity index is 514. The number of nitrogens with zero attached hydrogens (tertiary/aromatic N) is 1. The van der Waals surface area contributed by atoms with Gasteiger partial charge in [-0.2, -0.15) is 0 Å². The van der Waals surface area contributed by atoms with Crippen molar-refractivity contribution in [3.8, 4) is 0 Å². The van der Waals surface area contributed by atoms with Gasteiger partial charge >= 0.3 is 5.97 Å². The highest BCUT2D eigenvalue weighted by Crippen LogP contribution is 2.22. The molecule has 20 heavy (non-hydrogen) atoms. The number of piperidine rings is 1. The molecule has 2 rings (SSSR count). The second kappa shape index (κ2) is 5.63. The summed E-state index contributed by atoms with van der Waals surface area (Å²) >= 11 is 0. The molecule has 0 aromatic heterocycles. The summed E-state index contributed by atoms with van der Waals surface area (Å²) in [5.41, 5.74) is 0.00244. The second-order valence-electron chi connectivity index (χ2n) is 5.52. The highest BCUT2D eigenvalue weighted by atomic mass is 16.4. The maximum absolute atomic E-state index is 12.2. The van der Waals surface area contributed by atoms with Crippen molar-refractivity contribution in [2.75, 3.05) is 13.1 Å². The molecule has 1 heterocycles. The predicted molar refractivity (Wildman–Crippen MR) is 73.5 cm³/mol. The molecular formula is C15H19NO4. The van der Waals surface area contributed by atoms with Crippen LogP contribution in [0, 0.1) is 0 Å². The largest absolute Gasteiger partial charge is 0.478 e. The van der Waals surface area contributed by atoms with Crippen molar-refractivity contribution >= 4 is 11.9 Å². The first-order valence-electron chi connectivity index (χ1n) is 6.70. The zero-order valence-corrected chi connectivity index (χ0v) is 11.5. The van der Waals surface area contributed by atoms with E-state index in [1.807, 2.05) is 0 Å². The SMILES string of the molecule is CC1(O)CCN(C(=O)Cc2ccccc2C(=O)O)CC1.